The van der Waals surface area contributed by atoms with Crippen LogP contribution in [-0.2, 0) is 14.6 Å². The lowest BCUT2D eigenvalue weighted by atomic mass is 10.3. The standard InChI is InChI=1S/C6H10O4S/c1-11(9,10)5(6(7)8)4-2-3-4/h4-5H,2-3H2,1H3,(H,7,8). The quantitative estimate of drug-likeness (QED) is 0.654. The third-order valence-corrected chi connectivity index (χ3v) is 3.26. The first-order valence-electron chi connectivity index (χ1n) is 3.34. The number of rotatable bonds is 3. The van der Waals surface area contributed by atoms with Crippen LogP contribution >= 0.6 is 0 Å². The number of carboxylic acid groups (broad SMARTS) is 1. The van der Waals surface area contributed by atoms with E-state index >= 15 is 0 Å². The van der Waals surface area contributed by atoms with E-state index in [1.165, 1.54) is 0 Å². The van der Waals surface area contributed by atoms with Crippen molar-refractivity contribution in [2.45, 2.75) is 18.1 Å². The van der Waals surface area contributed by atoms with Gasteiger partial charge in [-0.3, -0.25) is 4.79 Å². The summed E-state index contributed by atoms with van der Waals surface area (Å²) in [7, 11) is -3.40. The van der Waals surface area contributed by atoms with Gasteiger partial charge in [0.05, 0.1) is 0 Å². The summed E-state index contributed by atoms with van der Waals surface area (Å²) in [6.45, 7) is 0. The van der Waals surface area contributed by atoms with Crippen molar-refractivity contribution in [3.63, 3.8) is 0 Å². The van der Waals surface area contributed by atoms with Gasteiger partial charge in [0.2, 0.25) is 0 Å². The first-order chi connectivity index (χ1) is 4.93. The first-order valence-corrected chi connectivity index (χ1v) is 5.30. The number of aliphatic carboxylic acids is 1. The second kappa shape index (κ2) is 2.48. The fraction of sp³-hybridized carbons (Fsp3) is 0.833. The minimum atomic E-state index is -3.40. The normalized spacial score (nSPS) is 21.2. The van der Waals surface area contributed by atoms with Crippen molar-refractivity contribution in [1.29, 1.82) is 0 Å². The van der Waals surface area contributed by atoms with Gasteiger partial charge >= 0.3 is 5.97 Å². The SMILES string of the molecule is CS(=O)(=O)C(C(=O)O)C1CC1. The molecule has 0 bridgehead atoms. The molecular formula is C6H10O4S. The Balaban J connectivity index is 2.83. The lowest BCUT2D eigenvalue weighted by molar-refractivity contribution is -0.136. The lowest BCUT2D eigenvalue weighted by Gasteiger charge is -2.06. The van der Waals surface area contributed by atoms with Crippen LogP contribution in [0, 0.1) is 5.92 Å². The maximum Gasteiger partial charge on any atom is 0.322 e. The number of hydrogen-bond donors (Lipinski definition) is 1. The minimum Gasteiger partial charge on any atom is -0.480 e. The molecular weight excluding hydrogens is 168 g/mol. The smallest absolute Gasteiger partial charge is 0.322 e. The molecule has 0 radical (unpaired) electrons. The number of hydrogen-bond acceptors (Lipinski definition) is 3. The molecule has 0 aromatic carbocycles. The molecule has 0 aromatic heterocycles. The second-order valence-electron chi connectivity index (χ2n) is 2.93. The summed E-state index contributed by atoms with van der Waals surface area (Å²) < 4.78 is 21.7. The van der Waals surface area contributed by atoms with Gasteiger partial charge in [-0.15, -0.1) is 0 Å². The molecule has 1 saturated carbocycles. The van der Waals surface area contributed by atoms with E-state index in [1.54, 1.807) is 0 Å². The van der Waals surface area contributed by atoms with Gasteiger partial charge in [-0.05, 0) is 18.8 Å². The average Bonchev–Trinajstić information content (AvgIpc) is 2.42. The van der Waals surface area contributed by atoms with E-state index in [-0.39, 0.29) is 5.92 Å². The Morgan fingerprint density at radius 3 is 2.09 bits per heavy atom. The van der Waals surface area contributed by atoms with Gasteiger partial charge in [0.1, 0.15) is 0 Å². The third kappa shape index (κ3) is 1.92. The molecule has 1 atom stereocenters. The van der Waals surface area contributed by atoms with Crippen LogP contribution in [0.1, 0.15) is 12.8 Å². The largest absolute Gasteiger partial charge is 0.480 e. The highest BCUT2D eigenvalue weighted by atomic mass is 32.2. The van der Waals surface area contributed by atoms with Crippen molar-refractivity contribution >= 4 is 15.8 Å². The van der Waals surface area contributed by atoms with E-state index in [4.69, 9.17) is 5.11 Å². The predicted octanol–water partition coefficient (Wildman–Crippen LogP) is -0.106. The maximum absolute atomic E-state index is 10.9. The van der Waals surface area contributed by atoms with E-state index in [0.717, 1.165) is 19.1 Å². The van der Waals surface area contributed by atoms with Gasteiger partial charge in [-0.2, -0.15) is 0 Å². The van der Waals surface area contributed by atoms with Gasteiger partial charge in [0, 0.05) is 6.26 Å². The third-order valence-electron chi connectivity index (χ3n) is 1.75. The molecule has 0 amide bonds. The Kier molecular flexibility index (Phi) is 1.92. The Labute approximate surface area is 65.1 Å². The van der Waals surface area contributed by atoms with Crippen molar-refractivity contribution in [3.8, 4) is 0 Å². The van der Waals surface area contributed by atoms with Crippen molar-refractivity contribution < 1.29 is 18.3 Å². The van der Waals surface area contributed by atoms with Gasteiger partial charge in [-0.25, -0.2) is 8.42 Å². The molecule has 5 heteroatoms. The van der Waals surface area contributed by atoms with E-state index in [9.17, 15) is 13.2 Å². The molecule has 0 aromatic rings. The molecule has 64 valence electrons. The van der Waals surface area contributed by atoms with E-state index in [2.05, 4.69) is 0 Å². The number of sulfone groups is 1. The van der Waals surface area contributed by atoms with Gasteiger partial charge in [0.15, 0.2) is 15.1 Å². The van der Waals surface area contributed by atoms with Crippen molar-refractivity contribution in [3.05, 3.63) is 0 Å². The summed E-state index contributed by atoms with van der Waals surface area (Å²) in [4.78, 5) is 10.4. The summed E-state index contributed by atoms with van der Waals surface area (Å²) in [5.74, 6) is -1.35. The van der Waals surface area contributed by atoms with Crippen LogP contribution in [-0.4, -0.2) is 31.0 Å². The topological polar surface area (TPSA) is 71.4 Å². The summed E-state index contributed by atoms with van der Waals surface area (Å²) in [5.41, 5.74) is 0. The Morgan fingerprint density at radius 1 is 1.55 bits per heavy atom. The van der Waals surface area contributed by atoms with Crippen LogP contribution in [0.4, 0.5) is 0 Å². The molecule has 1 fully saturated rings. The second-order valence-corrected chi connectivity index (χ2v) is 5.09. The summed E-state index contributed by atoms with van der Waals surface area (Å²) >= 11 is 0. The predicted molar refractivity (Wildman–Crippen MR) is 39.0 cm³/mol. The van der Waals surface area contributed by atoms with Crippen LogP contribution in [0.15, 0.2) is 0 Å². The van der Waals surface area contributed by atoms with Crippen LogP contribution in [0.5, 0.6) is 0 Å². The maximum atomic E-state index is 10.9. The van der Waals surface area contributed by atoms with Crippen molar-refractivity contribution in [2.24, 2.45) is 5.92 Å². The molecule has 11 heavy (non-hydrogen) atoms. The van der Waals surface area contributed by atoms with E-state index < -0.39 is 21.1 Å². The Hall–Kier alpha value is -0.580. The molecule has 0 saturated heterocycles. The number of carbonyl (C=O) groups is 1. The van der Waals surface area contributed by atoms with Crippen molar-refractivity contribution in [1.82, 2.24) is 0 Å². The zero-order valence-electron chi connectivity index (χ0n) is 6.15. The highest BCUT2D eigenvalue weighted by Crippen LogP contribution is 2.35. The van der Waals surface area contributed by atoms with E-state index in [1.807, 2.05) is 0 Å². The van der Waals surface area contributed by atoms with Crippen LogP contribution < -0.4 is 0 Å². The fourth-order valence-electron chi connectivity index (χ4n) is 1.13. The van der Waals surface area contributed by atoms with Crippen LogP contribution in [0.25, 0.3) is 0 Å². The first kappa shape index (κ1) is 8.52. The van der Waals surface area contributed by atoms with Gasteiger partial charge in [-0.1, -0.05) is 0 Å². The van der Waals surface area contributed by atoms with Gasteiger partial charge in [0.25, 0.3) is 0 Å². The molecule has 0 aliphatic heterocycles. The molecule has 1 aliphatic carbocycles. The average molecular weight is 178 g/mol. The van der Waals surface area contributed by atoms with Gasteiger partial charge < -0.3 is 5.11 Å². The minimum absolute atomic E-state index is 0.137. The zero-order valence-corrected chi connectivity index (χ0v) is 6.97. The fourth-order valence-corrected chi connectivity index (χ4v) is 2.47. The molecule has 1 rings (SSSR count). The Morgan fingerprint density at radius 2 is 2.00 bits per heavy atom. The van der Waals surface area contributed by atoms with Crippen LogP contribution in [0.2, 0.25) is 0 Å². The monoisotopic (exact) mass is 178 g/mol. The lowest BCUT2D eigenvalue weighted by Crippen LogP contribution is -2.31. The molecule has 1 N–H and O–H groups in total. The Bertz CT molecular complexity index is 262. The highest BCUT2D eigenvalue weighted by molar-refractivity contribution is 7.92. The van der Waals surface area contributed by atoms with Crippen LogP contribution in [0.3, 0.4) is 0 Å². The molecule has 1 unspecified atom stereocenters. The summed E-state index contributed by atoms with van der Waals surface area (Å²) in [6, 6.07) is 0. The summed E-state index contributed by atoms with van der Waals surface area (Å²) in [5, 5.41) is 7.38. The molecule has 4 nitrogen and oxygen atoms in total. The molecule has 0 spiro atoms. The summed E-state index contributed by atoms with van der Waals surface area (Å²) in [6.07, 6.45) is 2.43. The number of carboxylic acids is 1. The van der Waals surface area contributed by atoms with E-state index in [0.29, 0.717) is 0 Å². The molecule has 0 heterocycles. The zero-order chi connectivity index (χ0) is 8.65. The highest BCUT2D eigenvalue weighted by Gasteiger charge is 2.42. The molecule has 1 aliphatic rings. The van der Waals surface area contributed by atoms with Crippen molar-refractivity contribution in [2.75, 3.05) is 6.26 Å².